The molecule has 0 heterocycles. The zero-order chi connectivity index (χ0) is 29.4. The molecule has 0 aliphatic rings. The van der Waals surface area contributed by atoms with Gasteiger partial charge in [-0.25, -0.2) is 8.42 Å². The highest BCUT2D eigenvalue weighted by Gasteiger charge is 2.33. The quantitative estimate of drug-likeness (QED) is 0.335. The molecule has 0 spiro atoms. The lowest BCUT2D eigenvalue weighted by molar-refractivity contribution is -0.139. The van der Waals surface area contributed by atoms with Gasteiger partial charge in [0.1, 0.15) is 24.1 Å². The third-order valence-electron chi connectivity index (χ3n) is 6.11. The van der Waals surface area contributed by atoms with Crippen LogP contribution in [0.25, 0.3) is 0 Å². The molecule has 1 atom stereocenters. The molecule has 3 aromatic carbocycles. The number of nitrogens with zero attached hydrogens (tertiary/aromatic N) is 2. The van der Waals surface area contributed by atoms with E-state index in [2.05, 4.69) is 5.32 Å². The Labute approximate surface area is 240 Å². The van der Waals surface area contributed by atoms with Gasteiger partial charge in [-0.15, -0.1) is 0 Å². The van der Waals surface area contributed by atoms with E-state index in [1.807, 2.05) is 13.8 Å². The van der Waals surface area contributed by atoms with Gasteiger partial charge < -0.3 is 19.7 Å². The number of hydrogen-bond acceptors (Lipinski definition) is 6. The summed E-state index contributed by atoms with van der Waals surface area (Å²) in [7, 11) is -1.21. The number of amides is 2. The van der Waals surface area contributed by atoms with E-state index >= 15 is 0 Å². The van der Waals surface area contributed by atoms with Gasteiger partial charge in [0.15, 0.2) is 0 Å². The van der Waals surface area contributed by atoms with Crippen molar-refractivity contribution in [2.75, 3.05) is 25.1 Å². The molecular weight excluding hydrogens is 554 g/mol. The highest BCUT2D eigenvalue weighted by molar-refractivity contribution is 7.92. The molecule has 3 aromatic rings. The van der Waals surface area contributed by atoms with Crippen molar-refractivity contribution in [1.29, 1.82) is 0 Å². The minimum absolute atomic E-state index is 0.0361. The zero-order valence-electron chi connectivity index (χ0n) is 23.1. The molecule has 0 fully saturated rings. The van der Waals surface area contributed by atoms with Gasteiger partial charge in [0, 0.05) is 17.6 Å². The van der Waals surface area contributed by atoms with E-state index in [1.54, 1.807) is 49.4 Å². The Morgan fingerprint density at radius 3 is 2.15 bits per heavy atom. The molecular formula is C29H34ClN3O6S. The van der Waals surface area contributed by atoms with Gasteiger partial charge in [0.05, 0.1) is 24.8 Å². The van der Waals surface area contributed by atoms with Crippen LogP contribution >= 0.6 is 11.6 Å². The molecule has 0 bridgehead atoms. The Morgan fingerprint density at radius 1 is 0.900 bits per heavy atom. The molecule has 40 heavy (non-hydrogen) atoms. The van der Waals surface area contributed by atoms with Gasteiger partial charge in [0.2, 0.25) is 11.8 Å². The number of halogens is 1. The average molecular weight is 588 g/mol. The minimum Gasteiger partial charge on any atom is -0.497 e. The van der Waals surface area contributed by atoms with Crippen molar-refractivity contribution < 1.29 is 27.5 Å². The smallest absolute Gasteiger partial charge is 0.264 e. The molecule has 0 saturated carbocycles. The van der Waals surface area contributed by atoms with Crippen LogP contribution in [0.1, 0.15) is 26.3 Å². The minimum atomic E-state index is -4.22. The van der Waals surface area contributed by atoms with Gasteiger partial charge in [-0.2, -0.15) is 0 Å². The molecule has 11 heteroatoms. The molecule has 0 aliphatic heterocycles. The Kier molecular flexibility index (Phi) is 10.4. The van der Waals surface area contributed by atoms with Crippen LogP contribution in [-0.2, 0) is 26.2 Å². The van der Waals surface area contributed by atoms with Gasteiger partial charge >= 0.3 is 0 Å². The Morgan fingerprint density at radius 2 is 1.55 bits per heavy atom. The SMILES string of the molecule is COc1ccc(S(=O)(=O)N(CC(=O)N(Cc2cccc(OC)c2)[C@H](C)C(=O)NC(C)C)c2cccc(Cl)c2)cc1. The first-order chi connectivity index (χ1) is 19.0. The average Bonchev–Trinajstić information content (AvgIpc) is 2.93. The van der Waals surface area contributed by atoms with Crippen molar-refractivity contribution >= 4 is 39.1 Å². The summed E-state index contributed by atoms with van der Waals surface area (Å²) in [6.07, 6.45) is 0. The van der Waals surface area contributed by atoms with E-state index in [1.165, 1.54) is 49.5 Å². The molecule has 214 valence electrons. The fourth-order valence-electron chi connectivity index (χ4n) is 3.99. The first-order valence-electron chi connectivity index (χ1n) is 12.6. The van der Waals surface area contributed by atoms with E-state index in [-0.39, 0.29) is 29.1 Å². The summed E-state index contributed by atoms with van der Waals surface area (Å²) in [5.74, 6) is 0.135. The Balaban J connectivity index is 2.04. The number of sulfonamides is 1. The molecule has 3 rings (SSSR count). The second kappa shape index (κ2) is 13.5. The molecule has 0 unspecified atom stereocenters. The van der Waals surface area contributed by atoms with Gasteiger partial charge in [0.25, 0.3) is 10.0 Å². The number of nitrogens with one attached hydrogen (secondary N) is 1. The zero-order valence-corrected chi connectivity index (χ0v) is 24.7. The summed E-state index contributed by atoms with van der Waals surface area (Å²) >= 11 is 6.20. The standard InChI is InChI=1S/C29H34ClN3O6S/c1-20(2)31-29(35)21(3)32(18-22-8-6-11-26(16-22)39-5)28(34)19-33(24-10-7-9-23(30)17-24)40(36,37)27-14-12-25(38-4)13-15-27/h6-17,20-21H,18-19H2,1-5H3,(H,31,35)/t21-/m1/s1. The maximum absolute atomic E-state index is 13.9. The summed E-state index contributed by atoms with van der Waals surface area (Å²) in [6, 6.07) is 18.2. The maximum Gasteiger partial charge on any atom is 0.264 e. The molecule has 1 N–H and O–H groups in total. The second-order valence-corrected chi connectivity index (χ2v) is 11.7. The Bertz CT molecular complexity index is 1430. The van der Waals surface area contributed by atoms with Crippen molar-refractivity contribution in [2.24, 2.45) is 0 Å². The Hall–Kier alpha value is -3.76. The number of methoxy groups -OCH3 is 2. The fourth-order valence-corrected chi connectivity index (χ4v) is 5.58. The number of anilines is 1. The van der Waals surface area contributed by atoms with Crippen LogP contribution in [0.3, 0.4) is 0 Å². The predicted octanol–water partition coefficient (Wildman–Crippen LogP) is 4.49. The second-order valence-electron chi connectivity index (χ2n) is 9.38. The monoisotopic (exact) mass is 587 g/mol. The highest BCUT2D eigenvalue weighted by Crippen LogP contribution is 2.28. The third-order valence-corrected chi connectivity index (χ3v) is 8.13. The molecule has 0 radical (unpaired) electrons. The lowest BCUT2D eigenvalue weighted by Gasteiger charge is -2.32. The van der Waals surface area contributed by atoms with Crippen LogP contribution in [0.4, 0.5) is 5.69 Å². The van der Waals surface area contributed by atoms with E-state index in [0.29, 0.717) is 22.1 Å². The van der Waals surface area contributed by atoms with Gasteiger partial charge in [-0.1, -0.05) is 29.8 Å². The van der Waals surface area contributed by atoms with Crippen LogP contribution in [0, 0.1) is 0 Å². The van der Waals surface area contributed by atoms with Crippen molar-refractivity contribution in [3.8, 4) is 11.5 Å². The van der Waals surface area contributed by atoms with Crippen LogP contribution in [-0.4, -0.2) is 58.0 Å². The van der Waals surface area contributed by atoms with E-state index < -0.39 is 28.5 Å². The first kappa shape index (κ1) is 30.8. The van der Waals surface area contributed by atoms with Gasteiger partial charge in [-0.05, 0) is 80.9 Å². The van der Waals surface area contributed by atoms with Crippen molar-refractivity contribution in [1.82, 2.24) is 10.2 Å². The molecule has 9 nitrogen and oxygen atoms in total. The van der Waals surface area contributed by atoms with Crippen molar-refractivity contribution in [2.45, 2.75) is 44.3 Å². The lowest BCUT2D eigenvalue weighted by Crippen LogP contribution is -2.52. The number of benzene rings is 3. The summed E-state index contributed by atoms with van der Waals surface area (Å²) in [5.41, 5.74) is 0.918. The lowest BCUT2D eigenvalue weighted by atomic mass is 10.1. The van der Waals surface area contributed by atoms with Crippen molar-refractivity contribution in [3.05, 3.63) is 83.4 Å². The van der Waals surface area contributed by atoms with Crippen LogP contribution in [0.15, 0.2) is 77.7 Å². The number of carbonyl (C=O) groups excluding carboxylic acids is 2. The molecule has 0 saturated heterocycles. The van der Waals surface area contributed by atoms with E-state index in [4.69, 9.17) is 21.1 Å². The number of ether oxygens (including phenoxy) is 2. The number of hydrogen-bond donors (Lipinski definition) is 1. The third kappa shape index (κ3) is 7.67. The van der Waals surface area contributed by atoms with E-state index in [9.17, 15) is 18.0 Å². The summed E-state index contributed by atoms with van der Waals surface area (Å²) < 4.78 is 39.2. The van der Waals surface area contributed by atoms with Crippen LogP contribution < -0.4 is 19.1 Å². The topological polar surface area (TPSA) is 105 Å². The number of carbonyl (C=O) groups is 2. The van der Waals surface area contributed by atoms with Crippen molar-refractivity contribution in [3.63, 3.8) is 0 Å². The van der Waals surface area contributed by atoms with Crippen LogP contribution in [0.5, 0.6) is 11.5 Å². The van der Waals surface area contributed by atoms with Crippen LogP contribution in [0.2, 0.25) is 5.02 Å². The summed E-state index contributed by atoms with van der Waals surface area (Å²) in [5, 5.41) is 3.13. The summed E-state index contributed by atoms with van der Waals surface area (Å²) in [6.45, 7) is 4.73. The molecule has 2 amide bonds. The predicted molar refractivity (Wildman–Crippen MR) is 155 cm³/mol. The van der Waals surface area contributed by atoms with E-state index in [0.717, 1.165) is 4.31 Å². The maximum atomic E-state index is 13.9. The van der Waals surface area contributed by atoms with Gasteiger partial charge in [-0.3, -0.25) is 13.9 Å². The number of rotatable bonds is 12. The molecule has 0 aliphatic carbocycles. The normalized spacial score (nSPS) is 12.0. The summed E-state index contributed by atoms with van der Waals surface area (Å²) in [4.78, 5) is 28.3. The molecule has 0 aromatic heterocycles. The first-order valence-corrected chi connectivity index (χ1v) is 14.4. The highest BCUT2D eigenvalue weighted by atomic mass is 35.5. The largest absolute Gasteiger partial charge is 0.497 e. The fraction of sp³-hybridized carbons (Fsp3) is 0.310.